The monoisotopic (exact) mass is 427 g/mol. The van der Waals surface area contributed by atoms with E-state index in [0.717, 1.165) is 25.9 Å². The molecule has 2 atom stereocenters. The van der Waals surface area contributed by atoms with Gasteiger partial charge in [0.25, 0.3) is 5.91 Å². The van der Waals surface area contributed by atoms with Crippen molar-refractivity contribution < 1.29 is 37.0 Å². The van der Waals surface area contributed by atoms with Gasteiger partial charge in [0, 0.05) is 30.8 Å². The molecule has 3 heterocycles. The highest BCUT2D eigenvalue weighted by molar-refractivity contribution is 5.92. The molecule has 11 heteroatoms. The van der Waals surface area contributed by atoms with Crippen molar-refractivity contribution in [1.29, 1.82) is 0 Å². The van der Waals surface area contributed by atoms with Crippen LogP contribution < -0.4 is 4.74 Å². The Bertz CT molecular complexity index is 860. The highest BCUT2D eigenvalue weighted by atomic mass is 19.4. The average molecular weight is 427 g/mol. The van der Waals surface area contributed by atoms with Crippen LogP contribution in [-0.4, -0.2) is 57.7 Å². The van der Waals surface area contributed by atoms with Crippen LogP contribution in [-0.2, 0) is 4.79 Å². The molecule has 1 saturated carbocycles. The predicted octanol–water partition coefficient (Wildman–Crippen LogP) is 3.02. The molecule has 1 aliphatic heterocycles. The number of nitrogens with zero attached hydrogens (tertiary/aromatic N) is 3. The van der Waals surface area contributed by atoms with Gasteiger partial charge in [-0.05, 0) is 24.8 Å². The summed E-state index contributed by atoms with van der Waals surface area (Å²) in [7, 11) is 0. The summed E-state index contributed by atoms with van der Waals surface area (Å²) in [6, 6.07) is 5.66. The van der Waals surface area contributed by atoms with Crippen molar-refractivity contribution in [3.05, 3.63) is 42.7 Å². The summed E-state index contributed by atoms with van der Waals surface area (Å²) in [5.41, 5.74) is 0.419. The van der Waals surface area contributed by atoms with E-state index >= 15 is 0 Å². The lowest BCUT2D eigenvalue weighted by Crippen LogP contribution is -2.35. The number of aliphatic carboxylic acids is 1. The minimum Gasteiger partial charge on any atom is -0.477 e. The largest absolute Gasteiger partial charge is 0.490 e. The summed E-state index contributed by atoms with van der Waals surface area (Å²) in [5.74, 6) is -1.67. The molecule has 162 valence electrons. The highest BCUT2D eigenvalue weighted by Crippen LogP contribution is 2.49. The number of alkyl halides is 3. The van der Waals surface area contributed by atoms with Gasteiger partial charge in [0.15, 0.2) is 12.1 Å². The molecule has 0 bridgehead atoms. The van der Waals surface area contributed by atoms with E-state index in [4.69, 9.17) is 19.1 Å². The van der Waals surface area contributed by atoms with Gasteiger partial charge in [-0.2, -0.15) is 13.2 Å². The normalized spacial score (nSPS) is 22.8. The van der Waals surface area contributed by atoms with Gasteiger partial charge in [-0.1, -0.05) is 12.5 Å². The molecule has 8 nitrogen and oxygen atoms in total. The predicted molar refractivity (Wildman–Crippen MR) is 95.6 cm³/mol. The van der Waals surface area contributed by atoms with Crippen molar-refractivity contribution in [3.8, 4) is 5.88 Å². The zero-order valence-electron chi connectivity index (χ0n) is 15.8. The Morgan fingerprint density at radius 3 is 2.70 bits per heavy atom. The van der Waals surface area contributed by atoms with Crippen LogP contribution in [0.4, 0.5) is 13.2 Å². The van der Waals surface area contributed by atoms with E-state index in [1.165, 1.54) is 19.1 Å². The molecule has 4 rings (SSSR count). The van der Waals surface area contributed by atoms with Gasteiger partial charge >= 0.3 is 12.1 Å². The van der Waals surface area contributed by atoms with Crippen molar-refractivity contribution >= 4 is 11.9 Å². The maximum Gasteiger partial charge on any atom is 0.490 e. The highest BCUT2D eigenvalue weighted by Gasteiger charge is 2.51. The quantitative estimate of drug-likeness (QED) is 0.800. The van der Waals surface area contributed by atoms with Crippen molar-refractivity contribution in [3.63, 3.8) is 0 Å². The topological polar surface area (TPSA) is 106 Å². The molecular weight excluding hydrogens is 407 g/mol. The van der Waals surface area contributed by atoms with Crippen molar-refractivity contribution in [2.45, 2.75) is 25.4 Å². The molecule has 1 saturated heterocycles. The molecule has 0 spiro atoms. The van der Waals surface area contributed by atoms with Crippen LogP contribution in [0.3, 0.4) is 0 Å². The summed E-state index contributed by atoms with van der Waals surface area (Å²) in [6.45, 7) is 2.10. The van der Waals surface area contributed by atoms with E-state index in [1.807, 2.05) is 23.1 Å². The smallest absolute Gasteiger partial charge is 0.477 e. The zero-order valence-corrected chi connectivity index (χ0v) is 15.8. The third-order valence-electron chi connectivity index (χ3n) is 5.37. The third kappa shape index (κ3) is 4.89. The Balaban J connectivity index is 0.000000318. The maximum absolute atomic E-state index is 12.5. The van der Waals surface area contributed by atoms with Gasteiger partial charge in [0.1, 0.15) is 6.26 Å². The lowest BCUT2D eigenvalue weighted by molar-refractivity contribution is -0.192. The zero-order chi connectivity index (χ0) is 21.8. The average Bonchev–Trinajstić information content (AvgIpc) is 3.42. The molecule has 30 heavy (non-hydrogen) atoms. The number of halogens is 3. The molecule has 1 amide bonds. The van der Waals surface area contributed by atoms with Crippen LogP contribution in [0.25, 0.3) is 0 Å². The number of pyridine rings is 1. The number of hydrogen-bond donors (Lipinski definition) is 1. The lowest BCUT2D eigenvalue weighted by atomic mass is 9.81. The summed E-state index contributed by atoms with van der Waals surface area (Å²) >= 11 is 0. The van der Waals surface area contributed by atoms with Crippen LogP contribution in [0.2, 0.25) is 0 Å². The summed E-state index contributed by atoms with van der Waals surface area (Å²) < 4.78 is 42.6. The number of likely N-dealkylation sites (tertiary alicyclic amines) is 1. The number of carboxylic acids is 1. The fraction of sp³-hybridized carbons (Fsp3) is 0.474. The maximum atomic E-state index is 12.5. The van der Waals surface area contributed by atoms with E-state index in [-0.39, 0.29) is 11.3 Å². The molecule has 0 unspecified atom stereocenters. The Kier molecular flexibility index (Phi) is 6.28. The molecule has 0 radical (unpaired) electrons. The number of aromatic nitrogens is 2. The summed E-state index contributed by atoms with van der Waals surface area (Å²) in [5, 5.41) is 7.12. The summed E-state index contributed by atoms with van der Waals surface area (Å²) in [4.78, 5) is 31.5. The number of rotatable bonds is 4. The Hall–Kier alpha value is -3.11. The lowest BCUT2D eigenvalue weighted by Gasteiger charge is -2.28. The molecule has 0 aromatic carbocycles. The van der Waals surface area contributed by atoms with Crippen LogP contribution in [0, 0.1) is 11.3 Å². The van der Waals surface area contributed by atoms with Crippen molar-refractivity contribution in [2.75, 3.05) is 19.7 Å². The number of carbonyl (C=O) groups excluding carboxylic acids is 1. The molecule has 2 aromatic heterocycles. The van der Waals surface area contributed by atoms with Gasteiger partial charge in [-0.3, -0.25) is 4.79 Å². The minimum absolute atomic E-state index is 0.0386. The Morgan fingerprint density at radius 1 is 1.33 bits per heavy atom. The van der Waals surface area contributed by atoms with Gasteiger partial charge in [0.2, 0.25) is 5.88 Å². The number of ether oxygens (including phenoxy) is 1. The molecule has 1 aliphatic carbocycles. The first-order chi connectivity index (χ1) is 14.2. The van der Waals surface area contributed by atoms with E-state index in [2.05, 4.69) is 9.97 Å². The number of fused-ring (bicyclic) bond motifs is 1. The van der Waals surface area contributed by atoms with Crippen LogP contribution in [0.15, 0.2) is 41.5 Å². The SMILES string of the molecule is O=C(O)C(F)(F)F.O=C(c1cocn1)N1C[C@H]2CCC[C@@]2(COc2ccccn2)C1. The van der Waals surface area contributed by atoms with E-state index in [9.17, 15) is 18.0 Å². The van der Waals surface area contributed by atoms with E-state index in [0.29, 0.717) is 24.1 Å². The second-order valence-corrected chi connectivity index (χ2v) is 7.27. The molecule has 2 aromatic rings. The number of carbonyl (C=O) groups is 2. The first kappa shape index (κ1) is 21.6. The van der Waals surface area contributed by atoms with Crippen molar-refractivity contribution in [1.82, 2.24) is 14.9 Å². The Labute approximate surface area is 169 Å². The number of amides is 1. The van der Waals surface area contributed by atoms with E-state index in [1.54, 1.807) is 6.20 Å². The Morgan fingerprint density at radius 2 is 2.10 bits per heavy atom. The van der Waals surface area contributed by atoms with Gasteiger partial charge in [-0.15, -0.1) is 0 Å². The molecular formula is C19H20F3N3O5. The minimum atomic E-state index is -5.08. The number of oxazole rings is 1. The number of carboxylic acid groups (broad SMARTS) is 1. The fourth-order valence-electron chi connectivity index (χ4n) is 3.94. The summed E-state index contributed by atoms with van der Waals surface area (Å²) in [6.07, 6.45) is 2.79. The second-order valence-electron chi connectivity index (χ2n) is 7.27. The third-order valence-corrected chi connectivity index (χ3v) is 5.37. The molecule has 2 aliphatic rings. The van der Waals surface area contributed by atoms with Crippen molar-refractivity contribution in [2.24, 2.45) is 11.3 Å². The molecule has 1 N–H and O–H groups in total. The first-order valence-corrected chi connectivity index (χ1v) is 9.23. The fourth-order valence-corrected chi connectivity index (χ4v) is 3.94. The van der Waals surface area contributed by atoms with Crippen LogP contribution in [0.1, 0.15) is 29.8 Å². The van der Waals surface area contributed by atoms with Gasteiger partial charge < -0.3 is 19.2 Å². The standard InChI is InChI=1S/C17H19N3O3.C2HF3O2/c21-16(14-9-22-12-19-14)20-8-13-4-3-6-17(13,10-20)11-23-15-5-1-2-7-18-15;3-2(4,5)1(6)7/h1-2,5,7,9,12-13H,3-4,6,8,10-11H2;(H,6,7)/t13-,17+;/m1./s1. The first-order valence-electron chi connectivity index (χ1n) is 9.23. The molecule has 2 fully saturated rings. The van der Waals surface area contributed by atoms with Gasteiger partial charge in [0.05, 0.1) is 6.61 Å². The number of hydrogen-bond acceptors (Lipinski definition) is 6. The van der Waals surface area contributed by atoms with Crippen LogP contribution >= 0.6 is 0 Å². The van der Waals surface area contributed by atoms with Gasteiger partial charge in [-0.25, -0.2) is 14.8 Å². The van der Waals surface area contributed by atoms with Crippen LogP contribution in [0.5, 0.6) is 5.88 Å². The second kappa shape index (κ2) is 8.72. The van der Waals surface area contributed by atoms with E-state index < -0.39 is 12.1 Å².